The molecule has 0 N–H and O–H groups in total. The van der Waals surface area contributed by atoms with Crippen molar-refractivity contribution in [2.45, 2.75) is 6.42 Å². The van der Waals surface area contributed by atoms with E-state index in [1.807, 2.05) is 6.07 Å². The molecule has 0 nitrogen and oxygen atoms in total. The maximum Gasteiger partial charge on any atom is 4.00 e. The molecule has 0 aromatic heterocycles. The second-order valence-corrected chi connectivity index (χ2v) is 5.55. The zero-order valence-electron chi connectivity index (χ0n) is 15.0. The summed E-state index contributed by atoms with van der Waals surface area (Å²) in [6, 6.07) is 32.8. The van der Waals surface area contributed by atoms with Gasteiger partial charge in [-0.25, -0.2) is 0 Å². The van der Waals surface area contributed by atoms with Crippen molar-refractivity contribution >= 4 is 10.8 Å². The van der Waals surface area contributed by atoms with Gasteiger partial charge in [-0.15, -0.1) is 48.4 Å². The minimum Gasteiger partial charge on any atom is -1.00 e. The number of fused-ring (bicyclic) bond motifs is 4. The van der Waals surface area contributed by atoms with Crippen LogP contribution in [0.25, 0.3) is 21.9 Å². The topological polar surface area (TPSA) is 0 Å². The fourth-order valence-corrected chi connectivity index (χ4v) is 3.07. The Hall–Kier alpha value is -1.53. The molecule has 0 radical (unpaired) electrons. The SMILES string of the molecule is C=C.[Cl-].[Cl-].[Zr+4].[c-]1cccc2c1Cc1ccccc1-2.c1ccc2[cH-]ccc2c1. The molecule has 1 aliphatic carbocycles. The first-order valence-electron chi connectivity index (χ1n) is 8.10. The predicted octanol–water partition coefficient (Wildman–Crippen LogP) is 0.424. The molecule has 0 bridgehead atoms. The van der Waals surface area contributed by atoms with E-state index in [1.54, 1.807) is 0 Å². The quantitative estimate of drug-likeness (QED) is 0.228. The summed E-state index contributed by atoms with van der Waals surface area (Å²) in [5.41, 5.74) is 5.51. The van der Waals surface area contributed by atoms with E-state index in [-0.39, 0.29) is 51.0 Å². The molecule has 4 aromatic rings. The Kier molecular flexibility index (Phi) is 12.1. The van der Waals surface area contributed by atoms with Gasteiger partial charge in [-0.05, 0) is 6.42 Å². The first-order chi connectivity index (χ1) is 11.9. The predicted molar refractivity (Wildman–Crippen MR) is 104 cm³/mol. The molecule has 27 heavy (non-hydrogen) atoms. The van der Waals surface area contributed by atoms with E-state index in [0.717, 1.165) is 6.42 Å². The standard InChI is InChI=1S/C13H9.C9H7.C2H4.2ClH.Zr/c1-3-7-12-10(5-1)9-11-6-2-4-8-13(11)12;1-2-5-9-7-3-6-8(9)4-1;1-2;;;/h1-5,7-8H,9H2;1-7H;1-2H2;2*1H;/q2*-1;;;;+4/p-2. The van der Waals surface area contributed by atoms with E-state index in [4.69, 9.17) is 0 Å². The number of halogens is 2. The second kappa shape index (κ2) is 12.8. The van der Waals surface area contributed by atoms with Crippen LogP contribution in [0.4, 0.5) is 0 Å². The first-order valence-corrected chi connectivity index (χ1v) is 8.10. The molecule has 0 heterocycles. The first kappa shape index (κ1) is 25.5. The van der Waals surface area contributed by atoms with Crippen molar-refractivity contribution in [1.82, 2.24) is 0 Å². The Morgan fingerprint density at radius 3 is 2.22 bits per heavy atom. The molecule has 4 aromatic carbocycles. The normalized spacial score (nSPS) is 9.48. The van der Waals surface area contributed by atoms with Gasteiger partial charge in [0.1, 0.15) is 0 Å². The summed E-state index contributed by atoms with van der Waals surface area (Å²) < 4.78 is 0. The Morgan fingerprint density at radius 2 is 1.44 bits per heavy atom. The minimum absolute atomic E-state index is 0. The molecule has 134 valence electrons. The van der Waals surface area contributed by atoms with Crippen LogP contribution in [0.15, 0.2) is 98.1 Å². The maximum absolute atomic E-state index is 3.30. The second-order valence-electron chi connectivity index (χ2n) is 5.55. The van der Waals surface area contributed by atoms with Crippen LogP contribution < -0.4 is 24.8 Å². The third-order valence-corrected chi connectivity index (χ3v) is 4.16. The minimum atomic E-state index is 0. The fourth-order valence-electron chi connectivity index (χ4n) is 3.07. The van der Waals surface area contributed by atoms with E-state index in [2.05, 4.69) is 98.1 Å². The van der Waals surface area contributed by atoms with Gasteiger partial charge in [0.25, 0.3) is 0 Å². The Labute approximate surface area is 193 Å². The summed E-state index contributed by atoms with van der Waals surface area (Å²) >= 11 is 0. The molecule has 0 saturated carbocycles. The molecular weight excluding hydrogens is 450 g/mol. The van der Waals surface area contributed by atoms with Crippen LogP contribution in [0.3, 0.4) is 0 Å². The van der Waals surface area contributed by atoms with Gasteiger partial charge in [-0.1, -0.05) is 41.5 Å². The molecule has 1 aliphatic rings. The summed E-state index contributed by atoms with van der Waals surface area (Å²) in [7, 11) is 0. The summed E-state index contributed by atoms with van der Waals surface area (Å²) in [6.07, 6.45) is 1.05. The van der Waals surface area contributed by atoms with Crippen LogP contribution in [0.5, 0.6) is 0 Å². The molecule has 0 aliphatic heterocycles. The average molecular weight is 471 g/mol. The van der Waals surface area contributed by atoms with E-state index >= 15 is 0 Å². The van der Waals surface area contributed by atoms with Crippen molar-refractivity contribution in [3.05, 3.63) is 115 Å². The monoisotopic (exact) mass is 468 g/mol. The van der Waals surface area contributed by atoms with E-state index in [9.17, 15) is 0 Å². The Bertz CT molecular complexity index is 870. The van der Waals surface area contributed by atoms with Crippen molar-refractivity contribution in [2.75, 3.05) is 0 Å². The van der Waals surface area contributed by atoms with Gasteiger partial charge in [-0.2, -0.15) is 47.3 Å². The Balaban J connectivity index is 0.000000433. The molecule has 5 rings (SSSR count). The molecule has 0 saturated heterocycles. The van der Waals surface area contributed by atoms with E-state index in [1.165, 1.54) is 33.0 Å². The van der Waals surface area contributed by atoms with Crippen molar-refractivity contribution in [3.63, 3.8) is 0 Å². The van der Waals surface area contributed by atoms with Crippen LogP contribution in [-0.2, 0) is 32.6 Å². The number of rotatable bonds is 0. The fraction of sp³-hybridized carbons (Fsp3) is 0.0417. The number of hydrogen-bond acceptors (Lipinski definition) is 0. The third-order valence-electron chi connectivity index (χ3n) is 4.16. The van der Waals surface area contributed by atoms with Crippen LogP contribution >= 0.6 is 0 Å². The third kappa shape index (κ3) is 5.98. The van der Waals surface area contributed by atoms with Gasteiger partial charge in [0, 0.05) is 0 Å². The van der Waals surface area contributed by atoms with Crippen LogP contribution in [0.2, 0.25) is 0 Å². The van der Waals surface area contributed by atoms with Crippen LogP contribution in [0.1, 0.15) is 11.1 Å². The summed E-state index contributed by atoms with van der Waals surface area (Å²) in [4.78, 5) is 0. The zero-order chi connectivity index (χ0) is 16.8. The summed E-state index contributed by atoms with van der Waals surface area (Å²) in [5.74, 6) is 0. The summed E-state index contributed by atoms with van der Waals surface area (Å²) in [6.45, 7) is 6.00. The zero-order valence-corrected chi connectivity index (χ0v) is 18.9. The molecule has 0 spiro atoms. The van der Waals surface area contributed by atoms with Crippen molar-refractivity contribution < 1.29 is 51.0 Å². The van der Waals surface area contributed by atoms with E-state index in [0.29, 0.717) is 0 Å². The smallest absolute Gasteiger partial charge is 1.00 e. The van der Waals surface area contributed by atoms with Gasteiger partial charge < -0.3 is 24.8 Å². The van der Waals surface area contributed by atoms with Crippen LogP contribution in [-0.4, -0.2) is 0 Å². The average Bonchev–Trinajstić information content (AvgIpc) is 3.28. The number of hydrogen-bond donors (Lipinski definition) is 0. The summed E-state index contributed by atoms with van der Waals surface area (Å²) in [5, 5.41) is 2.66. The van der Waals surface area contributed by atoms with Gasteiger partial charge in [0.05, 0.1) is 0 Å². The molecular formula is C24H20Cl2Zr. The van der Waals surface area contributed by atoms with Crippen molar-refractivity contribution in [3.8, 4) is 11.1 Å². The van der Waals surface area contributed by atoms with Gasteiger partial charge in [-0.3, -0.25) is 0 Å². The Morgan fingerprint density at radius 1 is 0.778 bits per heavy atom. The van der Waals surface area contributed by atoms with Gasteiger partial charge in [0.15, 0.2) is 0 Å². The largest absolute Gasteiger partial charge is 4.00 e. The van der Waals surface area contributed by atoms with Gasteiger partial charge >= 0.3 is 26.2 Å². The molecule has 0 fully saturated rings. The van der Waals surface area contributed by atoms with Crippen molar-refractivity contribution in [2.24, 2.45) is 0 Å². The van der Waals surface area contributed by atoms with Crippen LogP contribution in [0, 0.1) is 6.07 Å². The van der Waals surface area contributed by atoms with Gasteiger partial charge in [0.2, 0.25) is 0 Å². The molecule has 0 atom stereocenters. The number of benzene rings is 3. The van der Waals surface area contributed by atoms with E-state index < -0.39 is 0 Å². The molecule has 0 amide bonds. The molecule has 3 heteroatoms. The molecule has 0 unspecified atom stereocenters. The maximum atomic E-state index is 3.30. The van der Waals surface area contributed by atoms with Crippen molar-refractivity contribution in [1.29, 1.82) is 0 Å².